The summed E-state index contributed by atoms with van der Waals surface area (Å²) in [6.07, 6.45) is 3.46. The van der Waals surface area contributed by atoms with E-state index < -0.39 is 0 Å². The first-order valence-electron chi connectivity index (χ1n) is 4.20. The number of furan rings is 1. The molecule has 5 heteroatoms. The second-order valence-corrected chi connectivity index (χ2v) is 3.90. The van der Waals surface area contributed by atoms with Crippen molar-refractivity contribution in [3.8, 4) is 0 Å². The highest BCUT2D eigenvalue weighted by molar-refractivity contribution is 7.98. The van der Waals surface area contributed by atoms with Crippen LogP contribution in [0.4, 0.5) is 5.69 Å². The minimum Gasteiger partial charge on any atom is -0.468 e. The summed E-state index contributed by atoms with van der Waals surface area (Å²) in [5.74, 6) is 1.69. The van der Waals surface area contributed by atoms with Gasteiger partial charge in [-0.15, -0.1) is 0 Å². The zero-order chi connectivity index (χ0) is 9.97. The lowest BCUT2D eigenvalue weighted by Crippen LogP contribution is -1.87. The quantitative estimate of drug-likeness (QED) is 0.784. The summed E-state index contributed by atoms with van der Waals surface area (Å²) < 4.78 is 6.91. The molecule has 0 aliphatic heterocycles. The second kappa shape index (κ2) is 3.79. The fraction of sp³-hybridized carbons (Fsp3) is 0.222. The van der Waals surface area contributed by atoms with Crippen molar-refractivity contribution in [1.29, 1.82) is 0 Å². The van der Waals surface area contributed by atoms with Crippen LogP contribution in [0.3, 0.4) is 0 Å². The number of thioether (sulfide) groups is 1. The van der Waals surface area contributed by atoms with Gasteiger partial charge in [-0.3, -0.25) is 4.68 Å². The molecule has 2 heterocycles. The molecule has 0 aromatic carbocycles. The maximum atomic E-state index is 5.75. The Morgan fingerprint density at radius 2 is 2.50 bits per heavy atom. The van der Waals surface area contributed by atoms with Gasteiger partial charge in [-0.2, -0.15) is 5.10 Å². The van der Waals surface area contributed by atoms with E-state index in [1.165, 1.54) is 0 Å². The number of nitrogen functional groups attached to an aromatic ring is 1. The largest absolute Gasteiger partial charge is 0.468 e. The van der Waals surface area contributed by atoms with Gasteiger partial charge in [0.15, 0.2) is 0 Å². The molecule has 0 spiro atoms. The third-order valence-corrected chi connectivity index (χ3v) is 2.77. The molecule has 0 saturated heterocycles. The third kappa shape index (κ3) is 1.93. The Morgan fingerprint density at radius 3 is 3.07 bits per heavy atom. The number of hydrogen-bond donors (Lipinski definition) is 1. The molecule has 2 aromatic rings. The van der Waals surface area contributed by atoms with Gasteiger partial charge in [-0.1, -0.05) is 11.8 Å². The van der Waals surface area contributed by atoms with E-state index in [9.17, 15) is 0 Å². The van der Waals surface area contributed by atoms with Gasteiger partial charge in [0.25, 0.3) is 0 Å². The van der Waals surface area contributed by atoms with Crippen molar-refractivity contribution in [2.75, 3.05) is 5.73 Å². The summed E-state index contributed by atoms with van der Waals surface area (Å²) in [6.45, 7) is 0. The Kier molecular flexibility index (Phi) is 2.49. The molecule has 0 aliphatic carbocycles. The molecule has 2 rings (SSSR count). The summed E-state index contributed by atoms with van der Waals surface area (Å²) in [7, 11) is 1.85. The fourth-order valence-electron chi connectivity index (χ4n) is 1.13. The molecule has 0 amide bonds. The molecule has 74 valence electrons. The fourth-order valence-corrected chi connectivity index (χ4v) is 1.98. The summed E-state index contributed by atoms with van der Waals surface area (Å²) in [5.41, 5.74) is 6.46. The smallest absolute Gasteiger partial charge is 0.142 e. The van der Waals surface area contributed by atoms with Crippen LogP contribution in [0.25, 0.3) is 0 Å². The average Bonchev–Trinajstić information content (AvgIpc) is 2.72. The van der Waals surface area contributed by atoms with Crippen molar-refractivity contribution in [3.05, 3.63) is 30.4 Å². The molecular weight excluding hydrogens is 198 g/mol. The highest BCUT2D eigenvalue weighted by atomic mass is 32.2. The van der Waals surface area contributed by atoms with Crippen LogP contribution >= 0.6 is 11.8 Å². The Hall–Kier alpha value is -1.36. The molecule has 2 aromatic heterocycles. The summed E-state index contributed by atoms with van der Waals surface area (Å²) >= 11 is 1.57. The summed E-state index contributed by atoms with van der Waals surface area (Å²) in [5, 5.41) is 5.07. The number of aryl methyl sites for hydroxylation is 1. The van der Waals surface area contributed by atoms with Gasteiger partial charge in [0, 0.05) is 13.2 Å². The lowest BCUT2D eigenvalue weighted by atomic mass is 10.5. The number of hydrogen-bond acceptors (Lipinski definition) is 4. The van der Waals surface area contributed by atoms with Crippen molar-refractivity contribution >= 4 is 17.4 Å². The summed E-state index contributed by atoms with van der Waals surface area (Å²) in [4.78, 5) is 0. The first-order chi connectivity index (χ1) is 6.75. The van der Waals surface area contributed by atoms with E-state index in [0.29, 0.717) is 5.69 Å². The maximum absolute atomic E-state index is 5.75. The van der Waals surface area contributed by atoms with Crippen LogP contribution in [0, 0.1) is 0 Å². The Morgan fingerprint density at radius 1 is 1.64 bits per heavy atom. The molecule has 0 radical (unpaired) electrons. The zero-order valence-electron chi connectivity index (χ0n) is 7.80. The minimum atomic E-state index is 0.712. The lowest BCUT2D eigenvalue weighted by Gasteiger charge is -1.95. The van der Waals surface area contributed by atoms with E-state index in [1.54, 1.807) is 28.9 Å². The van der Waals surface area contributed by atoms with Gasteiger partial charge < -0.3 is 10.2 Å². The van der Waals surface area contributed by atoms with Crippen molar-refractivity contribution in [2.24, 2.45) is 7.05 Å². The van der Waals surface area contributed by atoms with Crippen LogP contribution in [0.5, 0.6) is 0 Å². The predicted octanol–water partition coefficient (Wildman–Crippen LogP) is 1.89. The van der Waals surface area contributed by atoms with Gasteiger partial charge in [-0.05, 0) is 12.1 Å². The van der Waals surface area contributed by atoms with Gasteiger partial charge in [0.2, 0.25) is 0 Å². The van der Waals surface area contributed by atoms with Gasteiger partial charge in [0.05, 0.1) is 17.7 Å². The van der Waals surface area contributed by atoms with E-state index in [1.807, 2.05) is 19.2 Å². The third-order valence-electron chi connectivity index (χ3n) is 1.75. The Labute approximate surface area is 86.1 Å². The standard InChI is InChI=1S/C9H11N3OS/c1-12-5-8(10)9(11-12)14-6-7-3-2-4-13-7/h2-5H,6,10H2,1H3. The van der Waals surface area contributed by atoms with Crippen LogP contribution in [-0.2, 0) is 12.8 Å². The van der Waals surface area contributed by atoms with E-state index in [-0.39, 0.29) is 0 Å². The van der Waals surface area contributed by atoms with E-state index in [4.69, 9.17) is 10.2 Å². The van der Waals surface area contributed by atoms with Crippen LogP contribution in [0.15, 0.2) is 34.0 Å². The molecule has 0 aliphatic rings. The van der Waals surface area contributed by atoms with E-state index >= 15 is 0 Å². The molecule has 0 fully saturated rings. The average molecular weight is 209 g/mol. The summed E-state index contributed by atoms with van der Waals surface area (Å²) in [6, 6.07) is 3.81. The van der Waals surface area contributed by atoms with Crippen LogP contribution in [0.1, 0.15) is 5.76 Å². The van der Waals surface area contributed by atoms with Crippen LogP contribution < -0.4 is 5.73 Å². The first kappa shape index (κ1) is 9.21. The van der Waals surface area contributed by atoms with E-state index in [2.05, 4.69) is 5.10 Å². The molecule has 0 saturated carbocycles. The van der Waals surface area contributed by atoms with E-state index in [0.717, 1.165) is 16.5 Å². The number of nitrogens with two attached hydrogens (primary N) is 1. The number of nitrogens with zero attached hydrogens (tertiary/aromatic N) is 2. The lowest BCUT2D eigenvalue weighted by molar-refractivity contribution is 0.530. The zero-order valence-corrected chi connectivity index (χ0v) is 8.62. The topological polar surface area (TPSA) is 57.0 Å². The number of aromatic nitrogens is 2. The molecule has 0 atom stereocenters. The molecule has 2 N–H and O–H groups in total. The number of rotatable bonds is 3. The van der Waals surface area contributed by atoms with Gasteiger partial charge >= 0.3 is 0 Å². The molecule has 0 bridgehead atoms. The highest BCUT2D eigenvalue weighted by Crippen LogP contribution is 2.25. The van der Waals surface area contributed by atoms with Crippen molar-refractivity contribution in [3.63, 3.8) is 0 Å². The van der Waals surface area contributed by atoms with Gasteiger partial charge in [0.1, 0.15) is 10.8 Å². The Bertz CT molecular complexity index is 408. The molecule has 0 unspecified atom stereocenters. The molecule has 4 nitrogen and oxygen atoms in total. The normalized spacial score (nSPS) is 10.6. The van der Waals surface area contributed by atoms with Crippen molar-refractivity contribution < 1.29 is 4.42 Å². The molecule has 14 heavy (non-hydrogen) atoms. The van der Waals surface area contributed by atoms with Gasteiger partial charge in [-0.25, -0.2) is 0 Å². The van der Waals surface area contributed by atoms with Crippen molar-refractivity contribution in [2.45, 2.75) is 10.8 Å². The Balaban J connectivity index is 2.01. The minimum absolute atomic E-state index is 0.712. The predicted molar refractivity (Wildman–Crippen MR) is 55.9 cm³/mol. The van der Waals surface area contributed by atoms with Crippen LogP contribution in [-0.4, -0.2) is 9.78 Å². The highest BCUT2D eigenvalue weighted by Gasteiger charge is 2.05. The SMILES string of the molecule is Cn1cc(N)c(SCc2ccco2)n1. The second-order valence-electron chi connectivity index (χ2n) is 2.93. The first-order valence-corrected chi connectivity index (χ1v) is 5.18. The monoisotopic (exact) mass is 209 g/mol. The maximum Gasteiger partial charge on any atom is 0.142 e. The molecular formula is C9H11N3OS. The van der Waals surface area contributed by atoms with Crippen LogP contribution in [0.2, 0.25) is 0 Å². The van der Waals surface area contributed by atoms with Crippen molar-refractivity contribution in [1.82, 2.24) is 9.78 Å². The number of anilines is 1.